The van der Waals surface area contributed by atoms with Crippen molar-refractivity contribution in [2.75, 3.05) is 0 Å². The Hall–Kier alpha value is -2.10. The number of fused-ring (bicyclic) bond motifs is 1. The van der Waals surface area contributed by atoms with Gasteiger partial charge >= 0.3 is 0 Å². The number of aromatic nitrogens is 4. The van der Waals surface area contributed by atoms with Crippen molar-refractivity contribution in [3.8, 4) is 5.82 Å². The van der Waals surface area contributed by atoms with Crippen LogP contribution in [0.2, 0.25) is 0 Å². The zero-order chi connectivity index (χ0) is 10.3. The van der Waals surface area contributed by atoms with Gasteiger partial charge in [-0.25, -0.2) is 4.68 Å². The minimum atomic E-state index is 0.873. The molecule has 0 aliphatic heterocycles. The van der Waals surface area contributed by atoms with Gasteiger partial charge in [0.25, 0.3) is 0 Å². The van der Waals surface area contributed by atoms with Gasteiger partial charge in [-0.15, -0.1) is 0 Å². The van der Waals surface area contributed by atoms with Gasteiger partial charge in [-0.2, -0.15) is 10.2 Å². The lowest BCUT2D eigenvalue weighted by Gasteiger charge is -1.94. The third-order valence-corrected chi connectivity index (χ3v) is 2.46. The summed E-state index contributed by atoms with van der Waals surface area (Å²) in [6.45, 7) is 0. The predicted molar refractivity (Wildman–Crippen MR) is 57.8 cm³/mol. The van der Waals surface area contributed by atoms with E-state index in [0.717, 1.165) is 16.7 Å². The summed E-state index contributed by atoms with van der Waals surface area (Å²) in [5.74, 6) is 0.873. The maximum absolute atomic E-state index is 4.45. The van der Waals surface area contributed by atoms with Crippen LogP contribution < -0.4 is 0 Å². The van der Waals surface area contributed by atoms with E-state index in [0.29, 0.717) is 0 Å². The van der Waals surface area contributed by atoms with Crippen molar-refractivity contribution < 1.29 is 0 Å². The van der Waals surface area contributed by atoms with Gasteiger partial charge in [-0.3, -0.25) is 4.68 Å². The van der Waals surface area contributed by atoms with Gasteiger partial charge in [0, 0.05) is 24.8 Å². The molecule has 3 aromatic rings. The zero-order valence-electron chi connectivity index (χ0n) is 8.33. The van der Waals surface area contributed by atoms with Crippen molar-refractivity contribution in [3.05, 3.63) is 42.7 Å². The summed E-state index contributed by atoms with van der Waals surface area (Å²) in [6.07, 6.45) is 3.65. The summed E-state index contributed by atoms with van der Waals surface area (Å²) in [6, 6.07) is 10.0. The Morgan fingerprint density at radius 3 is 2.80 bits per heavy atom. The van der Waals surface area contributed by atoms with Crippen LogP contribution in [-0.4, -0.2) is 19.6 Å². The average Bonchev–Trinajstić information content (AvgIpc) is 2.87. The molecule has 0 N–H and O–H groups in total. The lowest BCUT2D eigenvalue weighted by molar-refractivity contribution is 0.749. The molecule has 0 spiro atoms. The number of aryl methyl sites for hydroxylation is 1. The van der Waals surface area contributed by atoms with E-state index >= 15 is 0 Å². The number of rotatable bonds is 1. The number of hydrogen-bond donors (Lipinski definition) is 0. The lowest BCUT2D eigenvalue weighted by Crippen LogP contribution is -1.97. The first kappa shape index (κ1) is 8.23. The second-order valence-electron chi connectivity index (χ2n) is 3.41. The quantitative estimate of drug-likeness (QED) is 0.597. The molecule has 0 aliphatic carbocycles. The van der Waals surface area contributed by atoms with Crippen molar-refractivity contribution in [1.29, 1.82) is 0 Å². The molecule has 74 valence electrons. The standard InChI is InChI=1S/C11H10N4/c1-14-10-6-3-2-5-9(10)11(13-14)15-8-4-7-12-15/h2-8H,1H3. The molecule has 15 heavy (non-hydrogen) atoms. The molecule has 0 atom stereocenters. The van der Waals surface area contributed by atoms with E-state index in [-0.39, 0.29) is 0 Å². The number of hydrogen-bond acceptors (Lipinski definition) is 2. The van der Waals surface area contributed by atoms with E-state index in [1.165, 1.54) is 0 Å². The molecule has 0 unspecified atom stereocenters. The third-order valence-electron chi connectivity index (χ3n) is 2.46. The van der Waals surface area contributed by atoms with E-state index in [1.54, 1.807) is 10.9 Å². The van der Waals surface area contributed by atoms with Gasteiger partial charge < -0.3 is 0 Å². The van der Waals surface area contributed by atoms with Crippen LogP contribution in [0.4, 0.5) is 0 Å². The molecule has 2 aromatic heterocycles. The fourth-order valence-electron chi connectivity index (χ4n) is 1.76. The van der Waals surface area contributed by atoms with Crippen molar-refractivity contribution in [1.82, 2.24) is 19.6 Å². The molecule has 0 aliphatic rings. The van der Waals surface area contributed by atoms with Gasteiger partial charge in [-0.1, -0.05) is 12.1 Å². The third kappa shape index (κ3) is 1.15. The summed E-state index contributed by atoms with van der Waals surface area (Å²) in [7, 11) is 1.94. The average molecular weight is 198 g/mol. The highest BCUT2D eigenvalue weighted by molar-refractivity contribution is 5.86. The molecule has 4 heteroatoms. The summed E-state index contributed by atoms with van der Waals surface area (Å²) in [5, 5.41) is 9.75. The number of para-hydroxylation sites is 1. The minimum absolute atomic E-state index is 0.873. The molecule has 2 heterocycles. The first-order chi connectivity index (χ1) is 7.36. The Morgan fingerprint density at radius 2 is 2.00 bits per heavy atom. The molecule has 4 nitrogen and oxygen atoms in total. The van der Waals surface area contributed by atoms with E-state index < -0.39 is 0 Å². The Bertz CT molecular complexity index is 592. The normalized spacial score (nSPS) is 11.0. The summed E-state index contributed by atoms with van der Waals surface area (Å²) in [5.41, 5.74) is 1.11. The van der Waals surface area contributed by atoms with Crippen molar-refractivity contribution in [2.24, 2.45) is 7.05 Å². The van der Waals surface area contributed by atoms with Crippen LogP contribution in [-0.2, 0) is 7.05 Å². The maximum atomic E-state index is 4.45. The Balaban J connectivity index is 2.37. The highest BCUT2D eigenvalue weighted by Gasteiger charge is 2.08. The highest BCUT2D eigenvalue weighted by atomic mass is 15.4. The first-order valence-electron chi connectivity index (χ1n) is 4.78. The van der Waals surface area contributed by atoms with Crippen molar-refractivity contribution in [3.63, 3.8) is 0 Å². The number of nitrogens with zero attached hydrogens (tertiary/aromatic N) is 4. The van der Waals surface area contributed by atoms with Crippen LogP contribution in [0.3, 0.4) is 0 Å². The van der Waals surface area contributed by atoms with Crippen LogP contribution in [0.1, 0.15) is 0 Å². The SMILES string of the molecule is Cn1nc(-n2cccn2)c2ccccc21. The Kier molecular flexibility index (Phi) is 1.62. The largest absolute Gasteiger partial charge is 0.266 e. The van der Waals surface area contributed by atoms with E-state index in [4.69, 9.17) is 0 Å². The first-order valence-corrected chi connectivity index (χ1v) is 4.78. The van der Waals surface area contributed by atoms with Gasteiger partial charge in [0.1, 0.15) is 0 Å². The molecule has 0 saturated heterocycles. The molecule has 0 amide bonds. The maximum Gasteiger partial charge on any atom is 0.182 e. The Morgan fingerprint density at radius 1 is 1.13 bits per heavy atom. The monoisotopic (exact) mass is 198 g/mol. The molecular weight excluding hydrogens is 188 g/mol. The predicted octanol–water partition coefficient (Wildman–Crippen LogP) is 1.76. The number of benzene rings is 1. The fraction of sp³-hybridized carbons (Fsp3) is 0.0909. The highest BCUT2D eigenvalue weighted by Crippen LogP contribution is 2.19. The van der Waals surface area contributed by atoms with Crippen molar-refractivity contribution >= 4 is 10.9 Å². The zero-order valence-corrected chi connectivity index (χ0v) is 8.33. The molecule has 0 fully saturated rings. The molecule has 0 radical (unpaired) electrons. The van der Waals surface area contributed by atoms with Gasteiger partial charge in [0.15, 0.2) is 5.82 Å². The summed E-state index contributed by atoms with van der Waals surface area (Å²) >= 11 is 0. The molecular formula is C11H10N4. The van der Waals surface area contributed by atoms with Crippen LogP contribution in [0.5, 0.6) is 0 Å². The topological polar surface area (TPSA) is 35.6 Å². The van der Waals surface area contributed by atoms with Crippen LogP contribution >= 0.6 is 0 Å². The van der Waals surface area contributed by atoms with Crippen LogP contribution in [0, 0.1) is 0 Å². The van der Waals surface area contributed by atoms with Crippen LogP contribution in [0.25, 0.3) is 16.7 Å². The summed E-state index contributed by atoms with van der Waals surface area (Å²) < 4.78 is 3.65. The van der Waals surface area contributed by atoms with Gasteiger partial charge in [0.05, 0.1) is 5.52 Å². The van der Waals surface area contributed by atoms with E-state index in [9.17, 15) is 0 Å². The Labute approximate surface area is 86.7 Å². The van der Waals surface area contributed by atoms with Gasteiger partial charge in [0.2, 0.25) is 0 Å². The van der Waals surface area contributed by atoms with E-state index in [1.807, 2.05) is 36.1 Å². The minimum Gasteiger partial charge on any atom is -0.266 e. The summed E-state index contributed by atoms with van der Waals surface area (Å²) in [4.78, 5) is 0. The molecule has 3 rings (SSSR count). The second-order valence-corrected chi connectivity index (χ2v) is 3.41. The smallest absolute Gasteiger partial charge is 0.182 e. The van der Waals surface area contributed by atoms with Crippen LogP contribution in [0.15, 0.2) is 42.7 Å². The fourth-order valence-corrected chi connectivity index (χ4v) is 1.76. The molecule has 0 bridgehead atoms. The van der Waals surface area contributed by atoms with Crippen molar-refractivity contribution in [2.45, 2.75) is 0 Å². The van der Waals surface area contributed by atoms with E-state index in [2.05, 4.69) is 22.3 Å². The van der Waals surface area contributed by atoms with Gasteiger partial charge in [-0.05, 0) is 18.2 Å². The lowest BCUT2D eigenvalue weighted by atomic mass is 10.2. The molecule has 0 saturated carbocycles. The molecule has 1 aromatic carbocycles. The second kappa shape index (κ2) is 2.95.